The van der Waals surface area contributed by atoms with E-state index in [1.54, 1.807) is 30.1 Å². The van der Waals surface area contributed by atoms with Crippen LogP contribution in [0.3, 0.4) is 0 Å². The maximum atomic E-state index is 12.7. The minimum absolute atomic E-state index is 0.00844. The number of hydrogen-bond donors (Lipinski definition) is 2. The third kappa shape index (κ3) is 4.53. The van der Waals surface area contributed by atoms with Crippen LogP contribution in [0.25, 0.3) is 10.9 Å². The Balaban J connectivity index is 1.73. The number of benzene rings is 2. The van der Waals surface area contributed by atoms with E-state index in [1.807, 2.05) is 18.2 Å². The second kappa shape index (κ2) is 9.89. The van der Waals surface area contributed by atoms with Gasteiger partial charge in [0, 0.05) is 43.7 Å². The first-order chi connectivity index (χ1) is 16.3. The fraction of sp³-hybridized carbons (Fsp3) is 0.407. The van der Waals surface area contributed by atoms with Crippen molar-refractivity contribution in [3.63, 3.8) is 0 Å². The fourth-order valence-corrected chi connectivity index (χ4v) is 4.96. The Hall–Kier alpha value is -3.32. The number of carboxylic acid groups (broad SMARTS) is 1. The highest BCUT2D eigenvalue weighted by Crippen LogP contribution is 2.34. The Morgan fingerprint density at radius 1 is 1.21 bits per heavy atom. The number of piperidine rings is 1. The standard InChI is InChI=1S/C27H32N2O5/c1-4-11-29-16-20(13-17-7-8-19(27(32)33)15-24(17)34-3)22-14-18(9-10-23(22)29)25(30)21-6-5-12-28(2)26(21)31/h7-10,14-16,21,25,30H,4-6,11-13H2,1-3H3,(H,32,33). The Labute approximate surface area is 199 Å². The third-order valence-corrected chi connectivity index (χ3v) is 6.79. The van der Waals surface area contributed by atoms with Gasteiger partial charge in [-0.2, -0.15) is 0 Å². The molecule has 1 fully saturated rings. The largest absolute Gasteiger partial charge is 0.496 e. The fourth-order valence-electron chi connectivity index (χ4n) is 4.96. The van der Waals surface area contributed by atoms with Crippen molar-refractivity contribution in [2.24, 2.45) is 5.92 Å². The molecule has 1 saturated heterocycles. The first-order valence-electron chi connectivity index (χ1n) is 11.8. The Morgan fingerprint density at radius 3 is 2.71 bits per heavy atom. The van der Waals surface area contributed by atoms with E-state index >= 15 is 0 Å². The SMILES string of the molecule is CCCn1cc(Cc2ccc(C(=O)O)cc2OC)c2cc(C(O)C3CCCN(C)C3=O)ccc21. The highest BCUT2D eigenvalue weighted by Gasteiger charge is 2.33. The first kappa shape index (κ1) is 23.8. The van der Waals surface area contributed by atoms with Crippen molar-refractivity contribution in [1.82, 2.24) is 9.47 Å². The van der Waals surface area contributed by atoms with Crippen LogP contribution in [0.15, 0.2) is 42.6 Å². The van der Waals surface area contributed by atoms with Crippen molar-refractivity contribution in [3.05, 3.63) is 64.8 Å². The molecule has 0 aliphatic carbocycles. The van der Waals surface area contributed by atoms with Gasteiger partial charge in [-0.3, -0.25) is 4.79 Å². The van der Waals surface area contributed by atoms with E-state index in [0.29, 0.717) is 18.6 Å². The van der Waals surface area contributed by atoms with Crippen LogP contribution in [-0.2, 0) is 17.8 Å². The molecule has 2 heterocycles. The van der Waals surface area contributed by atoms with Crippen LogP contribution >= 0.6 is 0 Å². The average Bonchev–Trinajstić information content (AvgIpc) is 3.17. The molecule has 2 unspecified atom stereocenters. The van der Waals surface area contributed by atoms with Crippen LogP contribution in [-0.4, -0.2) is 52.3 Å². The molecule has 0 saturated carbocycles. The molecule has 7 heteroatoms. The number of nitrogens with zero attached hydrogens (tertiary/aromatic N) is 2. The van der Waals surface area contributed by atoms with Gasteiger partial charge in [-0.25, -0.2) is 4.79 Å². The molecule has 2 N–H and O–H groups in total. The number of aryl methyl sites for hydroxylation is 1. The monoisotopic (exact) mass is 464 g/mol. The summed E-state index contributed by atoms with van der Waals surface area (Å²) in [6.45, 7) is 3.72. The molecule has 34 heavy (non-hydrogen) atoms. The van der Waals surface area contributed by atoms with E-state index in [0.717, 1.165) is 53.5 Å². The zero-order valence-electron chi connectivity index (χ0n) is 20.0. The topological polar surface area (TPSA) is 92.0 Å². The molecule has 3 aromatic rings. The predicted molar refractivity (Wildman–Crippen MR) is 130 cm³/mol. The number of methoxy groups -OCH3 is 1. The summed E-state index contributed by atoms with van der Waals surface area (Å²) < 4.78 is 7.69. The predicted octanol–water partition coefficient (Wildman–Crippen LogP) is 4.25. The Morgan fingerprint density at radius 2 is 2.00 bits per heavy atom. The maximum Gasteiger partial charge on any atom is 0.335 e. The second-order valence-electron chi connectivity index (χ2n) is 9.09. The average molecular weight is 465 g/mol. The molecule has 1 aromatic heterocycles. The molecule has 0 radical (unpaired) electrons. The van der Waals surface area contributed by atoms with E-state index in [1.165, 1.54) is 7.11 Å². The molecule has 1 aliphatic heterocycles. The van der Waals surface area contributed by atoms with E-state index in [4.69, 9.17) is 4.74 Å². The summed E-state index contributed by atoms with van der Waals surface area (Å²) >= 11 is 0. The summed E-state index contributed by atoms with van der Waals surface area (Å²) in [6, 6.07) is 10.9. The number of ether oxygens (including phenoxy) is 1. The van der Waals surface area contributed by atoms with Gasteiger partial charge < -0.3 is 24.4 Å². The number of aromatic nitrogens is 1. The first-order valence-corrected chi connectivity index (χ1v) is 11.8. The van der Waals surface area contributed by atoms with Gasteiger partial charge in [-0.1, -0.05) is 19.1 Å². The molecule has 2 aromatic carbocycles. The minimum atomic E-state index is -0.995. The quantitative estimate of drug-likeness (QED) is 0.520. The molecule has 0 bridgehead atoms. The molecule has 4 rings (SSSR count). The summed E-state index contributed by atoms with van der Waals surface area (Å²) in [7, 11) is 3.33. The number of aliphatic hydroxyl groups excluding tert-OH is 1. The number of carboxylic acids is 1. The maximum absolute atomic E-state index is 12.7. The van der Waals surface area contributed by atoms with E-state index in [-0.39, 0.29) is 11.5 Å². The van der Waals surface area contributed by atoms with Gasteiger partial charge in [0.1, 0.15) is 5.75 Å². The number of rotatable bonds is 8. The molecule has 0 spiro atoms. The summed E-state index contributed by atoms with van der Waals surface area (Å²) in [4.78, 5) is 25.7. The lowest BCUT2D eigenvalue weighted by Gasteiger charge is -2.32. The number of carbonyl (C=O) groups is 2. The molecule has 7 nitrogen and oxygen atoms in total. The van der Waals surface area contributed by atoms with Gasteiger partial charge in [0.05, 0.1) is 24.7 Å². The van der Waals surface area contributed by atoms with Crippen molar-refractivity contribution in [2.45, 2.75) is 45.3 Å². The lowest BCUT2D eigenvalue weighted by Crippen LogP contribution is -2.40. The second-order valence-corrected chi connectivity index (χ2v) is 9.09. The number of carbonyl (C=O) groups excluding carboxylic acids is 1. The van der Waals surface area contributed by atoms with Crippen LogP contribution in [0.5, 0.6) is 5.75 Å². The van der Waals surface area contributed by atoms with E-state index < -0.39 is 18.0 Å². The Kier molecular flexibility index (Phi) is 6.93. The summed E-state index contributed by atoms with van der Waals surface area (Å²) in [5.41, 5.74) is 3.94. The number of fused-ring (bicyclic) bond motifs is 1. The summed E-state index contributed by atoms with van der Waals surface area (Å²) in [5.74, 6) is -0.902. The zero-order valence-corrected chi connectivity index (χ0v) is 20.0. The molecule has 180 valence electrons. The van der Waals surface area contributed by atoms with Gasteiger partial charge >= 0.3 is 5.97 Å². The van der Waals surface area contributed by atoms with E-state index in [9.17, 15) is 19.8 Å². The highest BCUT2D eigenvalue weighted by molar-refractivity contribution is 5.89. The van der Waals surface area contributed by atoms with Gasteiger partial charge in [0.25, 0.3) is 0 Å². The summed E-state index contributed by atoms with van der Waals surface area (Å²) in [5, 5.41) is 21.4. The zero-order chi connectivity index (χ0) is 24.4. The molecule has 1 amide bonds. The number of hydrogen-bond acceptors (Lipinski definition) is 4. The van der Waals surface area contributed by atoms with Crippen molar-refractivity contribution in [1.29, 1.82) is 0 Å². The van der Waals surface area contributed by atoms with E-state index in [2.05, 4.69) is 17.7 Å². The van der Waals surface area contributed by atoms with Crippen LogP contribution in [0.2, 0.25) is 0 Å². The number of aliphatic hydroxyl groups is 1. The van der Waals surface area contributed by atoms with Crippen molar-refractivity contribution in [2.75, 3.05) is 20.7 Å². The van der Waals surface area contributed by atoms with Crippen LogP contribution in [0.1, 0.15) is 59.3 Å². The molecular weight excluding hydrogens is 432 g/mol. The third-order valence-electron chi connectivity index (χ3n) is 6.79. The summed E-state index contributed by atoms with van der Waals surface area (Å²) in [6.07, 6.45) is 4.37. The molecule has 2 atom stereocenters. The van der Waals surface area contributed by atoms with Crippen LogP contribution in [0.4, 0.5) is 0 Å². The smallest absolute Gasteiger partial charge is 0.335 e. The van der Waals surface area contributed by atoms with Crippen molar-refractivity contribution >= 4 is 22.8 Å². The van der Waals surface area contributed by atoms with Crippen molar-refractivity contribution in [3.8, 4) is 5.75 Å². The minimum Gasteiger partial charge on any atom is -0.496 e. The number of amides is 1. The van der Waals surface area contributed by atoms with Gasteiger partial charge in [0.2, 0.25) is 5.91 Å². The molecular formula is C27H32N2O5. The van der Waals surface area contributed by atoms with Gasteiger partial charge in [-0.15, -0.1) is 0 Å². The van der Waals surface area contributed by atoms with Gasteiger partial charge in [-0.05, 0) is 60.2 Å². The lowest BCUT2D eigenvalue weighted by atomic mass is 9.87. The van der Waals surface area contributed by atoms with Crippen LogP contribution in [0, 0.1) is 5.92 Å². The number of likely N-dealkylation sites (tertiary alicyclic amines) is 1. The van der Waals surface area contributed by atoms with Crippen molar-refractivity contribution < 1.29 is 24.5 Å². The Bertz CT molecular complexity index is 1220. The highest BCUT2D eigenvalue weighted by atomic mass is 16.5. The molecule has 1 aliphatic rings. The van der Waals surface area contributed by atoms with Gasteiger partial charge in [0.15, 0.2) is 0 Å². The normalized spacial score (nSPS) is 17.2. The lowest BCUT2D eigenvalue weighted by molar-refractivity contribution is -0.141. The number of aromatic carboxylic acids is 1. The van der Waals surface area contributed by atoms with Crippen LogP contribution < -0.4 is 4.74 Å².